The fourth-order valence-corrected chi connectivity index (χ4v) is 8.93. The molecule has 0 amide bonds. The van der Waals surface area contributed by atoms with Gasteiger partial charge in [-0.2, -0.15) is 0 Å². The molecule has 10 rings (SSSR count). The predicted octanol–water partition coefficient (Wildman–Crippen LogP) is 6.73. The van der Waals surface area contributed by atoms with Crippen molar-refractivity contribution in [2.24, 2.45) is 0 Å². The van der Waals surface area contributed by atoms with Gasteiger partial charge in [-0.3, -0.25) is 0 Å². The highest BCUT2D eigenvalue weighted by Gasteiger charge is 2.42. The molecule has 0 N–H and O–H groups in total. The molecule has 3 aliphatic rings. The highest BCUT2D eigenvalue weighted by molar-refractivity contribution is 8.00. The van der Waals surface area contributed by atoms with Crippen LogP contribution in [-0.2, 0) is 0 Å². The molecule has 0 atom stereocenters. The highest BCUT2D eigenvalue weighted by Crippen LogP contribution is 2.39. The fourth-order valence-electron chi connectivity index (χ4n) is 7.76. The first kappa shape index (κ1) is 26.8. The van der Waals surface area contributed by atoms with Crippen LogP contribution in [0.3, 0.4) is 0 Å². The Morgan fingerprint density at radius 2 is 0.894 bits per heavy atom. The maximum absolute atomic E-state index is 6.81. The summed E-state index contributed by atoms with van der Waals surface area (Å²) in [6, 6.07) is 56.6. The van der Waals surface area contributed by atoms with Gasteiger partial charge in [0.2, 0.25) is 0 Å². The second-order valence-corrected chi connectivity index (χ2v) is 13.4. The van der Waals surface area contributed by atoms with E-state index in [9.17, 15) is 0 Å². The van der Waals surface area contributed by atoms with Crippen LogP contribution >= 0.6 is 11.8 Å². The lowest BCUT2D eigenvalue weighted by Crippen LogP contribution is -2.61. The monoisotopic (exact) mass is 616 g/mol. The average molecular weight is 616 g/mol. The molecule has 7 aromatic carbocycles. The number of hydrogen-bond donors (Lipinski definition) is 0. The van der Waals surface area contributed by atoms with Crippen LogP contribution in [0.25, 0.3) is 22.3 Å². The molecule has 0 aromatic heterocycles. The summed E-state index contributed by atoms with van der Waals surface area (Å²) < 4.78 is 13.3. The molecule has 0 aliphatic carbocycles. The molecule has 0 fully saturated rings. The zero-order valence-corrected chi connectivity index (χ0v) is 26.2. The lowest BCUT2D eigenvalue weighted by Gasteiger charge is -2.35. The number of para-hydroxylation sites is 2. The molecule has 2 nitrogen and oxygen atoms in total. The third-order valence-corrected chi connectivity index (χ3v) is 10.9. The van der Waals surface area contributed by atoms with E-state index in [0.29, 0.717) is 0 Å². The molecular weight excluding hydrogens is 590 g/mol. The second kappa shape index (κ2) is 10.6. The van der Waals surface area contributed by atoms with Crippen molar-refractivity contribution < 1.29 is 9.47 Å². The molecule has 0 spiro atoms. The first-order valence-corrected chi connectivity index (χ1v) is 16.9. The summed E-state index contributed by atoms with van der Waals surface area (Å²) in [5.74, 6) is 3.70. The number of hydrogen-bond acceptors (Lipinski definition) is 3. The predicted molar refractivity (Wildman–Crippen MR) is 197 cm³/mol. The van der Waals surface area contributed by atoms with Gasteiger partial charge in [-0.15, -0.1) is 0 Å². The maximum atomic E-state index is 6.81. The van der Waals surface area contributed by atoms with Crippen LogP contribution in [0.2, 0.25) is 0 Å². The van der Waals surface area contributed by atoms with E-state index in [0.717, 1.165) is 23.0 Å². The van der Waals surface area contributed by atoms with Gasteiger partial charge < -0.3 is 9.47 Å². The van der Waals surface area contributed by atoms with Crippen LogP contribution in [0.1, 0.15) is 0 Å². The quantitative estimate of drug-likeness (QED) is 0.205. The zero-order chi connectivity index (χ0) is 30.9. The van der Waals surface area contributed by atoms with Crippen LogP contribution in [0.4, 0.5) is 0 Å². The van der Waals surface area contributed by atoms with Gasteiger partial charge in [-0.05, 0) is 74.4 Å². The lowest BCUT2D eigenvalue weighted by atomic mass is 9.31. The normalized spacial score (nSPS) is 13.3. The summed E-state index contributed by atoms with van der Waals surface area (Å²) in [5.41, 5.74) is 12.3. The van der Waals surface area contributed by atoms with Crippen molar-refractivity contribution in [2.45, 2.75) is 9.79 Å². The third kappa shape index (κ3) is 4.16. The lowest BCUT2D eigenvalue weighted by molar-refractivity contribution is 0.485. The van der Waals surface area contributed by atoms with Crippen molar-refractivity contribution >= 4 is 58.0 Å². The minimum Gasteiger partial charge on any atom is -0.458 e. The molecule has 0 unspecified atom stereocenters. The molecule has 0 saturated carbocycles. The molecule has 7 aromatic rings. The van der Waals surface area contributed by atoms with E-state index in [1.807, 2.05) is 11.8 Å². The molecule has 47 heavy (non-hydrogen) atoms. The fraction of sp³-hybridized carbons (Fsp3) is 0. The van der Waals surface area contributed by atoms with Gasteiger partial charge in [-0.25, -0.2) is 0 Å². The van der Waals surface area contributed by atoms with Crippen LogP contribution < -0.4 is 42.3 Å². The topological polar surface area (TPSA) is 18.5 Å². The van der Waals surface area contributed by atoms with Gasteiger partial charge in [0.25, 0.3) is 13.4 Å². The van der Waals surface area contributed by atoms with Crippen LogP contribution in [-0.4, -0.2) is 13.4 Å². The number of ether oxygens (including phenoxy) is 2. The summed E-state index contributed by atoms with van der Waals surface area (Å²) in [7, 11) is 0. The Morgan fingerprint density at radius 1 is 0.362 bits per heavy atom. The first-order chi connectivity index (χ1) is 23.3. The van der Waals surface area contributed by atoms with Crippen molar-refractivity contribution in [1.82, 2.24) is 0 Å². The Morgan fingerprint density at radius 3 is 1.55 bits per heavy atom. The molecule has 0 bridgehead atoms. The SMILES string of the molecule is c1ccc(-c2cccc(-c3ccccc3)c2B2c3ccccc3Oc3cc4c(cc32)B2c3ccccc3Oc3cccc(c32)S4)cc1. The van der Waals surface area contributed by atoms with E-state index >= 15 is 0 Å². The van der Waals surface area contributed by atoms with E-state index < -0.39 is 0 Å². The molecular formula is C42H26B2O2S. The van der Waals surface area contributed by atoms with Gasteiger partial charge in [0, 0.05) is 9.79 Å². The molecule has 0 saturated heterocycles. The Bertz CT molecular complexity index is 2300. The summed E-state index contributed by atoms with van der Waals surface area (Å²) >= 11 is 1.82. The van der Waals surface area contributed by atoms with E-state index in [-0.39, 0.29) is 13.4 Å². The van der Waals surface area contributed by atoms with Crippen molar-refractivity contribution in [2.75, 3.05) is 0 Å². The van der Waals surface area contributed by atoms with Gasteiger partial charge in [0.15, 0.2) is 0 Å². The maximum Gasteiger partial charge on any atom is 0.253 e. The van der Waals surface area contributed by atoms with Crippen molar-refractivity contribution in [1.29, 1.82) is 0 Å². The second-order valence-electron chi connectivity index (χ2n) is 12.3. The summed E-state index contributed by atoms with van der Waals surface area (Å²) in [4.78, 5) is 2.47. The largest absolute Gasteiger partial charge is 0.458 e. The Labute approximate surface area is 279 Å². The minimum atomic E-state index is -0.0522. The first-order valence-electron chi connectivity index (χ1n) is 16.1. The van der Waals surface area contributed by atoms with E-state index in [4.69, 9.17) is 9.47 Å². The number of benzene rings is 7. The zero-order valence-electron chi connectivity index (χ0n) is 25.4. The van der Waals surface area contributed by atoms with Crippen LogP contribution in [0.15, 0.2) is 168 Å². The molecule has 0 radical (unpaired) electrons. The van der Waals surface area contributed by atoms with Crippen molar-refractivity contribution in [3.8, 4) is 45.3 Å². The van der Waals surface area contributed by atoms with Gasteiger partial charge in [0.05, 0.1) is 0 Å². The Hall–Kier alpha value is -5.38. The number of rotatable bonds is 3. The molecule has 218 valence electrons. The van der Waals surface area contributed by atoms with Crippen LogP contribution in [0.5, 0.6) is 23.0 Å². The highest BCUT2D eigenvalue weighted by atomic mass is 32.2. The van der Waals surface area contributed by atoms with E-state index in [2.05, 4.69) is 158 Å². The molecule has 3 heterocycles. The van der Waals surface area contributed by atoms with Crippen LogP contribution in [0, 0.1) is 0 Å². The average Bonchev–Trinajstić information content (AvgIpc) is 3.13. The van der Waals surface area contributed by atoms with Gasteiger partial charge in [0.1, 0.15) is 23.0 Å². The summed E-state index contributed by atoms with van der Waals surface area (Å²) in [6.07, 6.45) is 0. The smallest absolute Gasteiger partial charge is 0.253 e. The van der Waals surface area contributed by atoms with E-state index in [1.165, 1.54) is 64.8 Å². The van der Waals surface area contributed by atoms with E-state index in [1.54, 1.807) is 0 Å². The Balaban J connectivity index is 1.27. The molecule has 3 aliphatic heterocycles. The van der Waals surface area contributed by atoms with Gasteiger partial charge >= 0.3 is 0 Å². The standard InChI is InChI=1S/C42H26B2O2S/c1-3-13-27(14-4-1)29-17-11-18-30(28-15-5-2-6-16-28)41(29)43-31-19-7-10-22-36(31)46-38-26-40-34(25-33(38)43)44-32-20-8-9-21-35(32)45-37-23-12-24-39(47-40)42(37)44/h1-26H. The molecule has 5 heteroatoms. The van der Waals surface area contributed by atoms with Crippen molar-refractivity contribution in [3.63, 3.8) is 0 Å². The number of fused-ring (bicyclic) bond motifs is 6. The summed E-state index contributed by atoms with van der Waals surface area (Å²) in [6.45, 7) is 0.0204. The minimum absolute atomic E-state index is 0.0522. The van der Waals surface area contributed by atoms with Crippen molar-refractivity contribution in [3.05, 3.63) is 158 Å². The van der Waals surface area contributed by atoms with Gasteiger partial charge in [-0.1, -0.05) is 150 Å². The summed E-state index contributed by atoms with van der Waals surface area (Å²) in [5, 5.41) is 0. The third-order valence-electron chi connectivity index (χ3n) is 9.76. The Kier molecular flexibility index (Phi) is 6.03.